The number of rotatable bonds is 4. The van der Waals surface area contributed by atoms with Crippen LogP contribution in [0.25, 0.3) is 11.3 Å². The van der Waals surface area contributed by atoms with Crippen molar-refractivity contribution < 1.29 is 32.6 Å². The number of carbonyl (C=O) groups excluding carboxylic acids is 1. The van der Waals surface area contributed by atoms with Crippen LogP contribution in [0.2, 0.25) is 0 Å². The third-order valence-electron chi connectivity index (χ3n) is 5.36. The van der Waals surface area contributed by atoms with Crippen molar-refractivity contribution in [3.05, 3.63) is 66.4 Å². The van der Waals surface area contributed by atoms with Crippen LogP contribution in [-0.2, 0) is 6.42 Å². The van der Waals surface area contributed by atoms with E-state index < -0.39 is 24.5 Å². The number of carbonyl (C=O) groups is 2. The Morgan fingerprint density at radius 2 is 1.76 bits per heavy atom. The molecule has 1 aliphatic heterocycles. The summed E-state index contributed by atoms with van der Waals surface area (Å²) in [6.07, 6.45) is -4.07. The van der Waals surface area contributed by atoms with Crippen molar-refractivity contribution in [2.75, 3.05) is 19.6 Å². The van der Waals surface area contributed by atoms with Crippen LogP contribution in [0.15, 0.2) is 60.8 Å². The lowest BCUT2D eigenvalue weighted by molar-refractivity contribution is -0.274. The Morgan fingerprint density at radius 3 is 2.41 bits per heavy atom. The molecule has 0 saturated carbocycles. The van der Waals surface area contributed by atoms with E-state index in [2.05, 4.69) is 14.9 Å². The second kappa shape index (κ2) is 9.41. The number of hydrogen-bond acceptors (Lipinski definition) is 5. The number of hydrogen-bond donors (Lipinski definition) is 1. The van der Waals surface area contributed by atoms with E-state index in [4.69, 9.17) is 0 Å². The van der Waals surface area contributed by atoms with Crippen molar-refractivity contribution in [2.45, 2.75) is 18.8 Å². The number of ether oxygens (including phenoxy) is 1. The highest BCUT2D eigenvalue weighted by atomic mass is 19.4. The molecule has 1 aliphatic rings. The summed E-state index contributed by atoms with van der Waals surface area (Å²) in [5.41, 5.74) is 1.69. The van der Waals surface area contributed by atoms with Gasteiger partial charge in [-0.05, 0) is 36.2 Å². The first kappa shape index (κ1) is 23.1. The van der Waals surface area contributed by atoms with E-state index in [0.717, 1.165) is 22.5 Å². The molecule has 0 spiro atoms. The van der Waals surface area contributed by atoms with Gasteiger partial charge in [-0.15, -0.1) is 18.3 Å². The molecule has 1 fully saturated rings. The molecular formula is C22H20F3N5O4. The summed E-state index contributed by atoms with van der Waals surface area (Å²) in [7, 11) is 0. The van der Waals surface area contributed by atoms with Gasteiger partial charge in [0.1, 0.15) is 11.4 Å². The monoisotopic (exact) mass is 475 g/mol. The molecule has 2 aromatic carbocycles. The lowest BCUT2D eigenvalue weighted by atomic mass is 10.0. The van der Waals surface area contributed by atoms with E-state index in [-0.39, 0.29) is 31.1 Å². The van der Waals surface area contributed by atoms with Crippen molar-refractivity contribution in [1.82, 2.24) is 24.8 Å². The van der Waals surface area contributed by atoms with Crippen LogP contribution in [0.4, 0.5) is 22.8 Å². The second-order valence-electron chi connectivity index (χ2n) is 7.64. The normalized spacial score (nSPS) is 16.4. The predicted octanol–water partition coefficient (Wildman–Crippen LogP) is 3.72. The Balaban J connectivity index is 1.51. The molecule has 0 bridgehead atoms. The summed E-state index contributed by atoms with van der Waals surface area (Å²) < 4.78 is 40.9. The number of aromatic nitrogens is 3. The molecule has 0 aliphatic carbocycles. The van der Waals surface area contributed by atoms with E-state index in [1.54, 1.807) is 0 Å². The van der Waals surface area contributed by atoms with E-state index in [1.807, 2.05) is 30.3 Å². The number of benzene rings is 2. The summed E-state index contributed by atoms with van der Waals surface area (Å²) >= 11 is 0. The minimum absolute atomic E-state index is 0.144. The molecule has 9 nitrogen and oxygen atoms in total. The fourth-order valence-electron chi connectivity index (χ4n) is 3.77. The smallest absolute Gasteiger partial charge is 0.465 e. The average molecular weight is 475 g/mol. The number of alkyl halides is 3. The summed E-state index contributed by atoms with van der Waals surface area (Å²) in [6, 6.07) is 13.5. The van der Waals surface area contributed by atoms with Gasteiger partial charge in [0.15, 0.2) is 0 Å². The highest BCUT2D eigenvalue weighted by Gasteiger charge is 2.34. The number of nitrogens with zero attached hydrogens (tertiary/aromatic N) is 5. The van der Waals surface area contributed by atoms with Gasteiger partial charge in [0.05, 0.1) is 12.2 Å². The van der Waals surface area contributed by atoms with Gasteiger partial charge >= 0.3 is 18.5 Å². The molecule has 0 radical (unpaired) electrons. The highest BCUT2D eigenvalue weighted by Crippen LogP contribution is 2.25. The Labute approximate surface area is 192 Å². The molecule has 1 atom stereocenters. The first-order valence-corrected chi connectivity index (χ1v) is 10.3. The summed E-state index contributed by atoms with van der Waals surface area (Å²) in [4.78, 5) is 28.4. The van der Waals surface area contributed by atoms with Gasteiger partial charge in [0, 0.05) is 25.2 Å². The van der Waals surface area contributed by atoms with Crippen molar-refractivity contribution >= 4 is 12.1 Å². The second-order valence-corrected chi connectivity index (χ2v) is 7.64. The fourth-order valence-corrected chi connectivity index (χ4v) is 3.77. The quantitative estimate of drug-likeness (QED) is 0.617. The van der Waals surface area contributed by atoms with E-state index in [1.165, 1.54) is 28.1 Å². The molecule has 3 aromatic rings. The first-order chi connectivity index (χ1) is 16.2. The van der Waals surface area contributed by atoms with Gasteiger partial charge in [-0.3, -0.25) is 0 Å². The Morgan fingerprint density at radius 1 is 1.06 bits per heavy atom. The van der Waals surface area contributed by atoms with Crippen LogP contribution >= 0.6 is 0 Å². The predicted molar refractivity (Wildman–Crippen MR) is 113 cm³/mol. The Kier molecular flexibility index (Phi) is 6.39. The average Bonchev–Trinajstić information content (AvgIpc) is 3.29. The van der Waals surface area contributed by atoms with Gasteiger partial charge in [0.2, 0.25) is 0 Å². The van der Waals surface area contributed by atoms with Gasteiger partial charge < -0.3 is 19.6 Å². The molecule has 2 amide bonds. The van der Waals surface area contributed by atoms with Gasteiger partial charge in [-0.1, -0.05) is 35.1 Å². The summed E-state index contributed by atoms with van der Waals surface area (Å²) in [5, 5.41) is 17.6. The topological polar surface area (TPSA) is 101 Å². The Hall–Kier alpha value is -4.09. The molecule has 1 saturated heterocycles. The molecule has 178 valence electrons. The number of halogens is 3. The van der Waals surface area contributed by atoms with Crippen LogP contribution in [0.1, 0.15) is 5.56 Å². The van der Waals surface area contributed by atoms with E-state index >= 15 is 0 Å². The molecule has 0 unspecified atom stereocenters. The van der Waals surface area contributed by atoms with Crippen LogP contribution in [0.5, 0.6) is 5.75 Å². The molecule has 12 heteroatoms. The van der Waals surface area contributed by atoms with Crippen molar-refractivity contribution in [3.63, 3.8) is 0 Å². The number of carboxylic acid groups (broad SMARTS) is 1. The molecule has 4 rings (SSSR count). The van der Waals surface area contributed by atoms with Crippen LogP contribution in [-0.4, -0.2) is 74.1 Å². The van der Waals surface area contributed by atoms with Crippen LogP contribution in [0.3, 0.4) is 0 Å². The third kappa shape index (κ3) is 5.45. The zero-order valence-corrected chi connectivity index (χ0v) is 17.7. The van der Waals surface area contributed by atoms with Crippen LogP contribution < -0.4 is 4.74 Å². The van der Waals surface area contributed by atoms with Crippen molar-refractivity contribution in [3.8, 4) is 17.0 Å². The van der Waals surface area contributed by atoms with Gasteiger partial charge in [-0.2, -0.15) is 5.10 Å². The maximum absolute atomic E-state index is 13.2. The molecular weight excluding hydrogens is 455 g/mol. The van der Waals surface area contributed by atoms with E-state index in [9.17, 15) is 27.9 Å². The SMILES string of the molecule is O=C(O)N1CCN(C(=O)n2ncc(-c3ccc(OC(F)(F)F)cc3)n2)[C@H](Cc2ccccc2)C1. The molecule has 1 N–H and O–H groups in total. The van der Waals surface area contributed by atoms with Crippen molar-refractivity contribution in [2.24, 2.45) is 0 Å². The molecule has 1 aromatic heterocycles. The first-order valence-electron chi connectivity index (χ1n) is 10.3. The minimum atomic E-state index is -4.79. The molecule has 2 heterocycles. The number of amides is 2. The molecule has 34 heavy (non-hydrogen) atoms. The largest absolute Gasteiger partial charge is 0.573 e. The lowest BCUT2D eigenvalue weighted by Crippen LogP contribution is -2.58. The maximum Gasteiger partial charge on any atom is 0.573 e. The van der Waals surface area contributed by atoms with Gasteiger partial charge in [-0.25, -0.2) is 9.59 Å². The summed E-state index contributed by atoms with van der Waals surface area (Å²) in [5.74, 6) is -0.375. The zero-order valence-electron chi connectivity index (χ0n) is 17.7. The zero-order chi connectivity index (χ0) is 24.3. The van der Waals surface area contributed by atoms with Crippen molar-refractivity contribution in [1.29, 1.82) is 0 Å². The maximum atomic E-state index is 13.2. The fraction of sp³-hybridized carbons (Fsp3) is 0.273. The highest BCUT2D eigenvalue weighted by molar-refractivity contribution is 5.76. The van der Waals surface area contributed by atoms with Crippen LogP contribution in [0, 0.1) is 0 Å². The standard InChI is InChI=1S/C22H20F3N5O4/c23-22(24,25)34-18-8-6-16(7-9-18)19-13-26-30(27-19)20(31)29-11-10-28(21(32)33)14-17(29)12-15-4-2-1-3-5-15/h1-9,13,17H,10-12,14H2,(H,32,33)/t17-/m1/s1. The lowest BCUT2D eigenvalue weighted by Gasteiger charge is -2.39. The minimum Gasteiger partial charge on any atom is -0.465 e. The number of piperazine rings is 1. The van der Waals surface area contributed by atoms with Gasteiger partial charge in [0.25, 0.3) is 0 Å². The summed E-state index contributed by atoms with van der Waals surface area (Å²) in [6.45, 7) is 0.467. The van der Waals surface area contributed by atoms with E-state index in [0.29, 0.717) is 12.0 Å². The third-order valence-corrected chi connectivity index (χ3v) is 5.36. The Bertz CT molecular complexity index is 1150.